The lowest BCUT2D eigenvalue weighted by molar-refractivity contribution is -0.138. The molecule has 0 aromatic heterocycles. The predicted octanol–water partition coefficient (Wildman–Crippen LogP) is 4.65. The van der Waals surface area contributed by atoms with Crippen LogP contribution in [0.2, 0.25) is 0 Å². The third kappa shape index (κ3) is 4.37. The second kappa shape index (κ2) is 8.01. The highest BCUT2D eigenvalue weighted by Crippen LogP contribution is 2.44. The van der Waals surface area contributed by atoms with Crippen molar-refractivity contribution in [2.45, 2.75) is 18.5 Å². The Hall–Kier alpha value is -3.43. The van der Waals surface area contributed by atoms with E-state index in [0.717, 1.165) is 24.1 Å². The van der Waals surface area contributed by atoms with Gasteiger partial charge in [-0.1, -0.05) is 18.2 Å². The van der Waals surface area contributed by atoms with E-state index in [-0.39, 0.29) is 11.3 Å². The molecule has 0 atom stereocenters. The number of phenolic OH excluding ortho intramolecular Hbond substituents is 1. The summed E-state index contributed by atoms with van der Waals surface area (Å²) in [5, 5.41) is 9.43. The molecule has 2 aromatic rings. The van der Waals surface area contributed by atoms with Crippen molar-refractivity contribution < 1.29 is 41.4 Å². The molecule has 0 fully saturated rings. The molecule has 0 bridgehead atoms. The van der Waals surface area contributed by atoms with Gasteiger partial charge in [-0.25, -0.2) is 13.6 Å². The summed E-state index contributed by atoms with van der Waals surface area (Å²) in [7, 11) is 1.01. The number of esters is 1. The molecule has 1 N–H and O–H groups in total. The molecule has 164 valence electrons. The number of carbonyl (C=O) groups is 2. The van der Waals surface area contributed by atoms with Crippen LogP contribution in [0.15, 0.2) is 48.5 Å². The Morgan fingerprint density at radius 3 is 2.48 bits per heavy atom. The van der Waals surface area contributed by atoms with Crippen LogP contribution in [-0.4, -0.2) is 36.6 Å². The summed E-state index contributed by atoms with van der Waals surface area (Å²) in [5.74, 6) is -6.46. The predicted molar refractivity (Wildman–Crippen MR) is 101 cm³/mol. The van der Waals surface area contributed by atoms with Crippen molar-refractivity contribution in [3.63, 3.8) is 0 Å². The fraction of sp³-hybridized carbons (Fsp3) is 0.238. The summed E-state index contributed by atoms with van der Waals surface area (Å²) >= 11 is 0. The smallest absolute Gasteiger partial charge is 0.417 e. The molecule has 2 aromatic carbocycles. The number of rotatable bonds is 2. The molecule has 0 saturated heterocycles. The minimum absolute atomic E-state index is 0.0824. The van der Waals surface area contributed by atoms with Crippen molar-refractivity contribution in [3.05, 3.63) is 65.2 Å². The molecule has 10 heteroatoms. The summed E-state index contributed by atoms with van der Waals surface area (Å²) in [6.07, 6.45) is -5.29. The monoisotopic (exact) mass is 441 g/mol. The number of fused-ring (bicyclic) bond motifs is 1. The van der Waals surface area contributed by atoms with Gasteiger partial charge in [0.05, 0.1) is 23.9 Å². The maximum Gasteiger partial charge on any atom is 0.417 e. The number of carbonyl (C=O) groups excluding carboxylic acids is 2. The van der Waals surface area contributed by atoms with Gasteiger partial charge in [0.1, 0.15) is 5.75 Å². The number of nitrogens with zero attached hydrogens (tertiary/aromatic N) is 1. The van der Waals surface area contributed by atoms with Crippen LogP contribution < -0.4 is 4.90 Å². The molecule has 1 aliphatic rings. The first-order valence-electron chi connectivity index (χ1n) is 8.95. The van der Waals surface area contributed by atoms with Gasteiger partial charge in [0.25, 0.3) is 11.8 Å². The third-order valence-corrected chi connectivity index (χ3v) is 4.78. The second-order valence-corrected chi connectivity index (χ2v) is 6.74. The van der Waals surface area contributed by atoms with Crippen molar-refractivity contribution in [3.8, 4) is 5.75 Å². The van der Waals surface area contributed by atoms with Gasteiger partial charge in [0.2, 0.25) is 0 Å². The van der Waals surface area contributed by atoms with E-state index < -0.39 is 59.4 Å². The van der Waals surface area contributed by atoms with E-state index in [1.807, 2.05) is 0 Å². The number of hydrogen-bond donors (Lipinski definition) is 1. The average Bonchev–Trinajstić information content (AvgIpc) is 2.81. The number of anilines is 1. The third-order valence-electron chi connectivity index (χ3n) is 4.78. The molecule has 1 amide bonds. The fourth-order valence-electron chi connectivity index (χ4n) is 3.31. The van der Waals surface area contributed by atoms with Crippen molar-refractivity contribution in [2.24, 2.45) is 0 Å². The molecule has 31 heavy (non-hydrogen) atoms. The topological polar surface area (TPSA) is 66.8 Å². The van der Waals surface area contributed by atoms with Crippen LogP contribution in [0, 0.1) is 0 Å². The highest BCUT2D eigenvalue weighted by atomic mass is 19.4. The average molecular weight is 441 g/mol. The normalized spacial score (nSPS) is 17.1. The van der Waals surface area contributed by atoms with Crippen molar-refractivity contribution in [2.75, 3.05) is 18.6 Å². The van der Waals surface area contributed by atoms with Crippen molar-refractivity contribution in [1.29, 1.82) is 0 Å². The number of halogens is 5. The van der Waals surface area contributed by atoms with Crippen LogP contribution in [0.1, 0.15) is 27.9 Å². The first kappa shape index (κ1) is 22.3. The highest BCUT2D eigenvalue weighted by Gasteiger charge is 2.43. The van der Waals surface area contributed by atoms with Crippen LogP contribution >= 0.6 is 0 Å². The quantitative estimate of drug-likeness (QED) is 0.419. The molecule has 5 nitrogen and oxygen atoms in total. The molecule has 0 spiro atoms. The van der Waals surface area contributed by atoms with Gasteiger partial charge in [-0.05, 0) is 24.3 Å². The van der Waals surface area contributed by atoms with Gasteiger partial charge >= 0.3 is 12.1 Å². The van der Waals surface area contributed by atoms with Gasteiger partial charge in [-0.2, -0.15) is 13.2 Å². The van der Waals surface area contributed by atoms with E-state index in [1.54, 1.807) is 0 Å². The van der Waals surface area contributed by atoms with E-state index in [2.05, 4.69) is 4.74 Å². The van der Waals surface area contributed by atoms with Crippen LogP contribution in [0.25, 0.3) is 5.57 Å². The molecule has 0 saturated carbocycles. The lowest BCUT2D eigenvalue weighted by Crippen LogP contribution is -2.34. The van der Waals surface area contributed by atoms with Crippen LogP contribution in [-0.2, 0) is 15.7 Å². The van der Waals surface area contributed by atoms with Crippen LogP contribution in [0.3, 0.4) is 0 Å². The number of methoxy groups -OCH3 is 1. The maximum atomic E-state index is 14.8. The number of allylic oxidation sites excluding steroid dienone is 1. The zero-order chi connectivity index (χ0) is 23.0. The Morgan fingerprint density at radius 2 is 1.84 bits per heavy atom. The van der Waals surface area contributed by atoms with Crippen LogP contribution in [0.4, 0.5) is 27.6 Å². The number of phenols is 1. The number of amides is 1. The minimum atomic E-state index is -4.96. The summed E-state index contributed by atoms with van der Waals surface area (Å²) in [6, 6.07) is 7.46. The van der Waals surface area contributed by atoms with E-state index in [9.17, 15) is 36.6 Å². The summed E-state index contributed by atoms with van der Waals surface area (Å²) in [5.41, 5.74) is -3.16. The minimum Gasteiger partial charge on any atom is -0.508 e. The van der Waals surface area contributed by atoms with E-state index in [4.69, 9.17) is 0 Å². The van der Waals surface area contributed by atoms with E-state index in [1.165, 1.54) is 24.3 Å². The Bertz CT molecular complexity index is 1060. The summed E-state index contributed by atoms with van der Waals surface area (Å²) in [6.45, 7) is -0.612. The first-order valence-corrected chi connectivity index (χ1v) is 8.95. The Balaban J connectivity index is 2.18. The Morgan fingerprint density at radius 1 is 1.16 bits per heavy atom. The van der Waals surface area contributed by atoms with Gasteiger partial charge < -0.3 is 14.7 Å². The molecule has 0 radical (unpaired) electrons. The molecule has 1 heterocycles. The number of hydrogen-bond acceptors (Lipinski definition) is 4. The largest absolute Gasteiger partial charge is 0.508 e. The number of alkyl halides is 5. The SMILES string of the molecule is COC(=O)/C=C1/c2ccccc2N(C(=O)c2ccc(O)cc2C(F)(F)F)CCC1(F)F. The van der Waals surface area contributed by atoms with Crippen molar-refractivity contribution >= 4 is 23.1 Å². The standard InChI is InChI=1S/C21H16F5NO4/c1-31-18(29)11-15-13-4-2-3-5-17(13)27(9-8-20(15,22)23)19(30)14-7-6-12(28)10-16(14)21(24,25)26/h2-7,10-11,28H,8-9H2,1H3/b15-11-. The van der Waals surface area contributed by atoms with Gasteiger partial charge in [0.15, 0.2) is 0 Å². The highest BCUT2D eigenvalue weighted by molar-refractivity contribution is 6.09. The Labute approximate surface area is 173 Å². The molecule has 0 aliphatic carbocycles. The fourth-order valence-corrected chi connectivity index (χ4v) is 3.31. The lowest BCUT2D eigenvalue weighted by atomic mass is 9.97. The number of ether oxygens (including phenoxy) is 1. The van der Waals surface area contributed by atoms with Crippen LogP contribution in [0.5, 0.6) is 5.75 Å². The van der Waals surface area contributed by atoms with Gasteiger partial charge in [0, 0.05) is 30.2 Å². The van der Waals surface area contributed by atoms with Gasteiger partial charge in [-0.15, -0.1) is 0 Å². The zero-order valence-electron chi connectivity index (χ0n) is 16.0. The number of para-hydroxylation sites is 1. The zero-order valence-corrected chi connectivity index (χ0v) is 16.0. The first-order chi connectivity index (χ1) is 14.5. The lowest BCUT2D eigenvalue weighted by Gasteiger charge is -2.24. The molecule has 3 rings (SSSR count). The Kier molecular flexibility index (Phi) is 5.75. The maximum absolute atomic E-state index is 14.8. The van der Waals surface area contributed by atoms with E-state index in [0.29, 0.717) is 12.1 Å². The molecular formula is C21H16F5NO4. The van der Waals surface area contributed by atoms with Crippen molar-refractivity contribution in [1.82, 2.24) is 0 Å². The summed E-state index contributed by atoms with van der Waals surface area (Å²) in [4.78, 5) is 25.5. The van der Waals surface area contributed by atoms with Gasteiger partial charge in [-0.3, -0.25) is 4.79 Å². The molecular weight excluding hydrogens is 425 g/mol. The van der Waals surface area contributed by atoms with E-state index >= 15 is 0 Å². The molecule has 0 unspecified atom stereocenters. The number of benzene rings is 2. The summed E-state index contributed by atoms with van der Waals surface area (Å²) < 4.78 is 74.4. The second-order valence-electron chi connectivity index (χ2n) is 6.74. The number of aromatic hydroxyl groups is 1. The molecule has 1 aliphatic heterocycles.